The lowest BCUT2D eigenvalue weighted by Crippen LogP contribution is -2.40. The van der Waals surface area contributed by atoms with Crippen LogP contribution in [0.1, 0.15) is 29.8 Å². The molecule has 0 aliphatic heterocycles. The van der Waals surface area contributed by atoms with Crippen LogP contribution in [0.2, 0.25) is 0 Å². The highest BCUT2D eigenvalue weighted by molar-refractivity contribution is 14.0. The van der Waals surface area contributed by atoms with Gasteiger partial charge in [0.25, 0.3) is 5.89 Å². The number of nitrogens with zero attached hydrogens (tertiary/aromatic N) is 4. The fourth-order valence-corrected chi connectivity index (χ4v) is 2.81. The zero-order valence-corrected chi connectivity index (χ0v) is 19.3. The van der Waals surface area contributed by atoms with Gasteiger partial charge in [-0.05, 0) is 30.5 Å². The zero-order chi connectivity index (χ0) is 19.8. The monoisotopic (exact) mass is 506 g/mol. The smallest absolute Gasteiger partial charge is 0.276 e. The summed E-state index contributed by atoms with van der Waals surface area (Å²) in [5.74, 6) is 2.21. The van der Waals surface area contributed by atoms with Crippen LogP contribution >= 0.6 is 24.0 Å². The first-order valence-electron chi connectivity index (χ1n) is 9.41. The van der Waals surface area contributed by atoms with Gasteiger partial charge in [0, 0.05) is 32.8 Å². The van der Waals surface area contributed by atoms with Crippen molar-refractivity contribution in [2.24, 2.45) is 4.99 Å². The van der Waals surface area contributed by atoms with E-state index in [1.54, 1.807) is 13.2 Å². The molecule has 0 aliphatic carbocycles. The summed E-state index contributed by atoms with van der Waals surface area (Å²) in [7, 11) is 1.76. The molecule has 0 saturated carbocycles. The first-order chi connectivity index (χ1) is 13.7. The van der Waals surface area contributed by atoms with Gasteiger partial charge >= 0.3 is 0 Å². The van der Waals surface area contributed by atoms with Crippen LogP contribution in [-0.4, -0.2) is 41.2 Å². The van der Waals surface area contributed by atoms with E-state index >= 15 is 0 Å². The van der Waals surface area contributed by atoms with Crippen LogP contribution in [0.15, 0.2) is 58.2 Å². The Kier molecular flexibility index (Phi) is 9.04. The van der Waals surface area contributed by atoms with E-state index in [9.17, 15) is 0 Å². The molecule has 2 aromatic heterocycles. The van der Waals surface area contributed by atoms with Gasteiger partial charge in [-0.1, -0.05) is 48.0 Å². The minimum absolute atomic E-state index is 0. The van der Waals surface area contributed by atoms with Gasteiger partial charge in [-0.25, -0.2) is 0 Å². The van der Waals surface area contributed by atoms with Gasteiger partial charge < -0.3 is 15.2 Å². The number of hydrogen-bond acceptors (Lipinski definition) is 5. The van der Waals surface area contributed by atoms with E-state index in [0.29, 0.717) is 36.3 Å². The van der Waals surface area contributed by atoms with Gasteiger partial charge in [-0.3, -0.25) is 9.98 Å². The topological polar surface area (TPSA) is 88.2 Å². The molecule has 7 nitrogen and oxygen atoms in total. The molecule has 0 amide bonds. The third-order valence-electron chi connectivity index (χ3n) is 4.40. The normalized spacial score (nSPS) is 12.2. The number of aromatic nitrogens is 3. The van der Waals surface area contributed by atoms with Crippen molar-refractivity contribution < 1.29 is 4.52 Å². The standard InChI is InChI=1S/C21H26N6O.HI/c1-15-7-6-8-17(13-15)16(2)14-25-21(22-3)24-12-10-19-26-20(28-27-19)18-9-4-5-11-23-18;/h4-9,11,13,16H,10,12,14H2,1-3H3,(H2,22,24,25);1H. The zero-order valence-electron chi connectivity index (χ0n) is 16.9. The molecule has 29 heavy (non-hydrogen) atoms. The van der Waals surface area contributed by atoms with Gasteiger partial charge in [-0.15, -0.1) is 24.0 Å². The van der Waals surface area contributed by atoms with Gasteiger partial charge in [0.2, 0.25) is 0 Å². The van der Waals surface area contributed by atoms with Gasteiger partial charge in [-0.2, -0.15) is 4.98 Å². The third kappa shape index (κ3) is 6.81. The highest BCUT2D eigenvalue weighted by Crippen LogP contribution is 2.15. The number of aliphatic imine (C=N–C) groups is 1. The third-order valence-corrected chi connectivity index (χ3v) is 4.40. The van der Waals surface area contributed by atoms with Crippen molar-refractivity contribution >= 4 is 29.9 Å². The molecule has 1 atom stereocenters. The van der Waals surface area contributed by atoms with Crippen LogP contribution in [0.4, 0.5) is 0 Å². The summed E-state index contributed by atoms with van der Waals surface area (Å²) in [5.41, 5.74) is 3.27. The predicted molar refractivity (Wildman–Crippen MR) is 126 cm³/mol. The minimum atomic E-state index is 0. The van der Waals surface area contributed by atoms with Crippen molar-refractivity contribution in [2.75, 3.05) is 20.1 Å². The van der Waals surface area contributed by atoms with Crippen LogP contribution in [0, 0.1) is 6.92 Å². The Morgan fingerprint density at radius 3 is 2.76 bits per heavy atom. The van der Waals surface area contributed by atoms with Crippen LogP contribution in [-0.2, 0) is 6.42 Å². The number of hydrogen-bond donors (Lipinski definition) is 2. The fourth-order valence-electron chi connectivity index (χ4n) is 2.81. The maximum Gasteiger partial charge on any atom is 0.276 e. The molecule has 0 aliphatic rings. The molecule has 0 fully saturated rings. The molecular weight excluding hydrogens is 479 g/mol. The Labute approximate surface area is 188 Å². The molecule has 3 aromatic rings. The quantitative estimate of drug-likeness (QED) is 0.290. The maximum atomic E-state index is 5.27. The Balaban J connectivity index is 0.00000300. The first kappa shape index (κ1) is 22.8. The molecule has 154 valence electrons. The Morgan fingerprint density at radius 1 is 1.17 bits per heavy atom. The lowest BCUT2D eigenvalue weighted by molar-refractivity contribution is 0.421. The number of pyridine rings is 1. The van der Waals surface area contributed by atoms with Crippen molar-refractivity contribution in [1.29, 1.82) is 0 Å². The Morgan fingerprint density at radius 2 is 2.03 bits per heavy atom. The van der Waals surface area contributed by atoms with E-state index in [2.05, 4.69) is 68.9 Å². The molecule has 1 aromatic carbocycles. The molecule has 3 rings (SSSR count). The summed E-state index contributed by atoms with van der Waals surface area (Å²) >= 11 is 0. The molecule has 2 N–H and O–H groups in total. The van der Waals surface area contributed by atoms with Crippen LogP contribution in [0.5, 0.6) is 0 Å². The van der Waals surface area contributed by atoms with Gasteiger partial charge in [0.05, 0.1) is 0 Å². The number of halogens is 1. The molecule has 0 radical (unpaired) electrons. The molecule has 0 spiro atoms. The van der Waals surface area contributed by atoms with Crippen LogP contribution in [0.3, 0.4) is 0 Å². The first-order valence-corrected chi connectivity index (χ1v) is 9.41. The average molecular weight is 506 g/mol. The summed E-state index contributed by atoms with van der Waals surface area (Å²) in [6.07, 6.45) is 2.33. The van der Waals surface area contributed by atoms with E-state index in [0.717, 1.165) is 12.5 Å². The van der Waals surface area contributed by atoms with Gasteiger partial charge in [0.1, 0.15) is 5.69 Å². The molecule has 2 heterocycles. The second kappa shape index (κ2) is 11.5. The van der Waals surface area contributed by atoms with Crippen LogP contribution in [0.25, 0.3) is 11.6 Å². The Hall–Kier alpha value is -2.49. The van der Waals surface area contributed by atoms with E-state index in [4.69, 9.17) is 4.52 Å². The van der Waals surface area contributed by atoms with Crippen LogP contribution < -0.4 is 10.6 Å². The molecule has 8 heteroatoms. The van der Waals surface area contributed by atoms with Gasteiger partial charge in [0.15, 0.2) is 11.8 Å². The summed E-state index contributed by atoms with van der Waals surface area (Å²) in [5, 5.41) is 10.7. The predicted octanol–water partition coefficient (Wildman–Crippen LogP) is 3.57. The van der Waals surface area contributed by atoms with E-state index in [1.165, 1.54) is 11.1 Å². The number of guanidine groups is 1. The summed E-state index contributed by atoms with van der Waals surface area (Å²) in [6.45, 7) is 5.77. The second-order valence-corrected chi connectivity index (χ2v) is 6.68. The SMILES string of the molecule is CN=C(NCCc1noc(-c2ccccn2)n1)NCC(C)c1cccc(C)c1.I. The number of benzene rings is 1. The maximum absolute atomic E-state index is 5.27. The minimum Gasteiger partial charge on any atom is -0.356 e. The molecule has 0 saturated heterocycles. The summed E-state index contributed by atoms with van der Waals surface area (Å²) < 4.78 is 5.27. The fraction of sp³-hybridized carbons (Fsp3) is 0.333. The van der Waals surface area contributed by atoms with E-state index < -0.39 is 0 Å². The van der Waals surface area contributed by atoms with Crippen molar-refractivity contribution in [2.45, 2.75) is 26.2 Å². The lowest BCUT2D eigenvalue weighted by Gasteiger charge is -2.16. The van der Waals surface area contributed by atoms with Crippen molar-refractivity contribution in [1.82, 2.24) is 25.8 Å². The summed E-state index contributed by atoms with van der Waals surface area (Å²) in [4.78, 5) is 12.9. The van der Waals surface area contributed by atoms with E-state index in [1.807, 2.05) is 18.2 Å². The van der Waals surface area contributed by atoms with Crippen molar-refractivity contribution in [3.05, 3.63) is 65.6 Å². The number of aryl methyl sites for hydroxylation is 1. The van der Waals surface area contributed by atoms with Crippen molar-refractivity contribution in [3.63, 3.8) is 0 Å². The number of nitrogens with one attached hydrogen (secondary N) is 2. The Bertz CT molecular complexity index is 912. The average Bonchev–Trinajstić information content (AvgIpc) is 3.20. The number of rotatable bonds is 7. The highest BCUT2D eigenvalue weighted by atomic mass is 127. The van der Waals surface area contributed by atoms with Crippen molar-refractivity contribution in [3.8, 4) is 11.6 Å². The van der Waals surface area contributed by atoms with E-state index in [-0.39, 0.29) is 24.0 Å². The highest BCUT2D eigenvalue weighted by Gasteiger charge is 2.10. The lowest BCUT2D eigenvalue weighted by atomic mass is 9.99. The second-order valence-electron chi connectivity index (χ2n) is 6.68. The largest absolute Gasteiger partial charge is 0.356 e. The molecular formula is C21H27IN6O. The molecule has 0 bridgehead atoms. The summed E-state index contributed by atoms with van der Waals surface area (Å²) in [6, 6.07) is 14.2. The molecule has 1 unspecified atom stereocenters.